The van der Waals surface area contributed by atoms with Crippen molar-refractivity contribution >= 4 is 0 Å². The minimum atomic E-state index is -0.286. The summed E-state index contributed by atoms with van der Waals surface area (Å²) < 4.78 is 24.3. The Morgan fingerprint density at radius 1 is 1.40 bits per heavy atom. The van der Waals surface area contributed by atoms with Crippen LogP contribution < -0.4 is 10.1 Å². The van der Waals surface area contributed by atoms with Gasteiger partial charge in [-0.1, -0.05) is 6.92 Å². The van der Waals surface area contributed by atoms with Crippen molar-refractivity contribution in [2.45, 2.75) is 33.4 Å². The molecule has 1 unspecified atom stereocenters. The fraction of sp³-hybridized carbons (Fsp3) is 0.429. The van der Waals surface area contributed by atoms with Crippen molar-refractivity contribution in [2.24, 2.45) is 0 Å². The molecule has 2 aromatic rings. The average molecular weight is 279 g/mol. The number of aromatic nitrogens is 2. The van der Waals surface area contributed by atoms with E-state index in [-0.39, 0.29) is 18.5 Å². The molecule has 0 fully saturated rings. The van der Waals surface area contributed by atoms with Crippen molar-refractivity contribution in [2.75, 3.05) is 6.54 Å². The number of hydrogen-bond donors (Lipinski definition) is 1. The summed E-state index contributed by atoms with van der Waals surface area (Å²) in [5.41, 5.74) is 0.767. The minimum absolute atomic E-state index is 0.00452. The molecule has 108 valence electrons. The fourth-order valence-corrected chi connectivity index (χ4v) is 1.94. The predicted octanol–water partition coefficient (Wildman–Crippen LogP) is 2.77. The van der Waals surface area contributed by atoms with Crippen LogP contribution in [-0.4, -0.2) is 16.7 Å². The van der Waals surface area contributed by atoms with Gasteiger partial charge in [-0.2, -0.15) is 0 Å². The van der Waals surface area contributed by atoms with E-state index in [0.717, 1.165) is 12.1 Å². The molecule has 0 aliphatic carbocycles. The van der Waals surface area contributed by atoms with Crippen LogP contribution in [0.15, 0.2) is 22.6 Å². The van der Waals surface area contributed by atoms with Crippen LogP contribution in [0.3, 0.4) is 0 Å². The third-order valence-electron chi connectivity index (χ3n) is 2.87. The number of aryl methyl sites for hydroxylation is 1. The van der Waals surface area contributed by atoms with Crippen molar-refractivity contribution in [1.29, 1.82) is 0 Å². The van der Waals surface area contributed by atoms with Crippen molar-refractivity contribution in [3.05, 3.63) is 41.4 Å². The van der Waals surface area contributed by atoms with E-state index < -0.39 is 0 Å². The van der Waals surface area contributed by atoms with Crippen molar-refractivity contribution < 1.29 is 13.5 Å². The summed E-state index contributed by atoms with van der Waals surface area (Å²) in [6.07, 6.45) is 0. The van der Waals surface area contributed by atoms with Crippen molar-refractivity contribution in [1.82, 2.24) is 15.5 Å². The lowest BCUT2D eigenvalue weighted by molar-refractivity contribution is 0.256. The standard InChI is InChI=1S/C14H18FN3O2/c1-4-16-9(2)12-7-11(15)5-6-13(12)19-8-14-18-17-10(3)20-14/h5-7,9,16H,4,8H2,1-3H3. The number of ether oxygens (including phenoxy) is 1. The Morgan fingerprint density at radius 3 is 2.85 bits per heavy atom. The van der Waals surface area contributed by atoms with E-state index in [9.17, 15) is 4.39 Å². The van der Waals surface area contributed by atoms with Gasteiger partial charge in [0.2, 0.25) is 5.89 Å². The van der Waals surface area contributed by atoms with Gasteiger partial charge in [0, 0.05) is 18.5 Å². The molecule has 0 radical (unpaired) electrons. The molecule has 1 aromatic carbocycles. The van der Waals surface area contributed by atoms with Gasteiger partial charge in [0.05, 0.1) is 0 Å². The molecule has 0 aliphatic rings. The molecule has 2 rings (SSSR count). The van der Waals surface area contributed by atoms with Gasteiger partial charge >= 0.3 is 0 Å². The Bertz CT molecular complexity index is 571. The first-order valence-electron chi connectivity index (χ1n) is 6.54. The Balaban J connectivity index is 2.13. The number of nitrogens with one attached hydrogen (secondary N) is 1. The second-order valence-electron chi connectivity index (χ2n) is 4.47. The van der Waals surface area contributed by atoms with Crippen LogP contribution in [0.4, 0.5) is 4.39 Å². The zero-order valence-corrected chi connectivity index (χ0v) is 11.8. The van der Waals surface area contributed by atoms with E-state index in [1.807, 2.05) is 13.8 Å². The summed E-state index contributed by atoms with van der Waals surface area (Å²) in [7, 11) is 0. The van der Waals surface area contributed by atoms with Crippen molar-refractivity contribution in [3.63, 3.8) is 0 Å². The molecule has 0 spiro atoms. The first kappa shape index (κ1) is 14.5. The second-order valence-corrected chi connectivity index (χ2v) is 4.47. The third-order valence-corrected chi connectivity index (χ3v) is 2.87. The van der Waals surface area contributed by atoms with Gasteiger partial charge in [-0.3, -0.25) is 0 Å². The summed E-state index contributed by atoms with van der Waals surface area (Å²) in [6, 6.07) is 4.45. The second kappa shape index (κ2) is 6.47. The maximum Gasteiger partial charge on any atom is 0.253 e. The maximum absolute atomic E-state index is 13.4. The number of nitrogens with zero attached hydrogens (tertiary/aromatic N) is 2. The van der Waals surface area contributed by atoms with E-state index in [4.69, 9.17) is 9.15 Å². The third kappa shape index (κ3) is 3.54. The number of benzene rings is 1. The summed E-state index contributed by atoms with van der Waals surface area (Å²) in [4.78, 5) is 0. The zero-order chi connectivity index (χ0) is 14.5. The first-order valence-corrected chi connectivity index (χ1v) is 6.54. The van der Waals surface area contributed by atoms with Crippen LogP contribution >= 0.6 is 0 Å². The fourth-order valence-electron chi connectivity index (χ4n) is 1.94. The van der Waals surface area contributed by atoms with Crippen LogP contribution in [0, 0.1) is 12.7 Å². The molecule has 1 aromatic heterocycles. The molecule has 0 bridgehead atoms. The summed E-state index contributed by atoms with van der Waals surface area (Å²) in [6.45, 7) is 6.63. The van der Waals surface area contributed by atoms with Crippen LogP contribution in [0.2, 0.25) is 0 Å². The number of rotatable bonds is 6. The Kier molecular flexibility index (Phi) is 4.68. The number of hydrogen-bond acceptors (Lipinski definition) is 5. The molecule has 1 N–H and O–H groups in total. The SMILES string of the molecule is CCNC(C)c1cc(F)ccc1OCc1nnc(C)o1. The summed E-state index contributed by atoms with van der Waals surface area (Å²) in [5, 5.41) is 10.8. The van der Waals surface area contributed by atoms with Crippen LogP contribution in [0.5, 0.6) is 5.75 Å². The zero-order valence-electron chi connectivity index (χ0n) is 11.8. The largest absolute Gasteiger partial charge is 0.483 e. The van der Waals surface area contributed by atoms with Gasteiger partial charge in [0.25, 0.3) is 5.89 Å². The van der Waals surface area contributed by atoms with Gasteiger partial charge in [0.1, 0.15) is 11.6 Å². The molecule has 5 nitrogen and oxygen atoms in total. The van der Waals surface area contributed by atoms with Crippen LogP contribution in [0.1, 0.15) is 37.2 Å². The van der Waals surface area contributed by atoms with E-state index in [2.05, 4.69) is 15.5 Å². The lowest BCUT2D eigenvalue weighted by Crippen LogP contribution is -2.18. The molecular weight excluding hydrogens is 261 g/mol. The molecule has 0 saturated carbocycles. The number of halogens is 1. The highest BCUT2D eigenvalue weighted by Gasteiger charge is 2.13. The first-order chi connectivity index (χ1) is 9.60. The molecule has 1 heterocycles. The van der Waals surface area contributed by atoms with E-state index in [1.54, 1.807) is 13.0 Å². The topological polar surface area (TPSA) is 60.2 Å². The minimum Gasteiger partial charge on any atom is -0.483 e. The van der Waals surface area contributed by atoms with Gasteiger partial charge in [-0.05, 0) is 31.7 Å². The Labute approximate surface area is 117 Å². The molecule has 1 atom stereocenters. The highest BCUT2D eigenvalue weighted by atomic mass is 19.1. The smallest absolute Gasteiger partial charge is 0.253 e. The van der Waals surface area contributed by atoms with Crippen LogP contribution in [0.25, 0.3) is 0 Å². The highest BCUT2D eigenvalue weighted by molar-refractivity contribution is 5.36. The molecule has 0 aliphatic heterocycles. The maximum atomic E-state index is 13.4. The highest BCUT2D eigenvalue weighted by Crippen LogP contribution is 2.26. The summed E-state index contributed by atoms with van der Waals surface area (Å²) >= 11 is 0. The van der Waals surface area contributed by atoms with Crippen LogP contribution in [-0.2, 0) is 6.61 Å². The predicted molar refractivity (Wildman–Crippen MR) is 71.9 cm³/mol. The van der Waals surface area contributed by atoms with Gasteiger partial charge < -0.3 is 14.5 Å². The molecule has 6 heteroatoms. The molecule has 20 heavy (non-hydrogen) atoms. The Hall–Kier alpha value is -1.95. The van der Waals surface area contributed by atoms with Crippen molar-refractivity contribution in [3.8, 4) is 5.75 Å². The molecular formula is C14H18FN3O2. The quantitative estimate of drug-likeness (QED) is 0.881. The normalized spacial score (nSPS) is 12.4. The van der Waals surface area contributed by atoms with Gasteiger partial charge in [0.15, 0.2) is 6.61 Å². The van der Waals surface area contributed by atoms with Gasteiger partial charge in [-0.25, -0.2) is 4.39 Å². The summed E-state index contributed by atoms with van der Waals surface area (Å²) in [5.74, 6) is 1.21. The monoisotopic (exact) mass is 279 g/mol. The average Bonchev–Trinajstić information content (AvgIpc) is 2.83. The van der Waals surface area contributed by atoms with Gasteiger partial charge in [-0.15, -0.1) is 10.2 Å². The lowest BCUT2D eigenvalue weighted by atomic mass is 10.1. The lowest BCUT2D eigenvalue weighted by Gasteiger charge is -2.17. The molecule has 0 saturated heterocycles. The van der Waals surface area contributed by atoms with E-state index in [1.165, 1.54) is 12.1 Å². The van der Waals surface area contributed by atoms with E-state index in [0.29, 0.717) is 17.5 Å². The Morgan fingerprint density at radius 2 is 2.20 bits per heavy atom. The van der Waals surface area contributed by atoms with E-state index >= 15 is 0 Å². The molecule has 0 amide bonds.